The third-order valence-electron chi connectivity index (χ3n) is 4.69. The van der Waals surface area contributed by atoms with Crippen LogP contribution in [0.2, 0.25) is 0 Å². The number of aromatic nitrogens is 2. The zero-order chi connectivity index (χ0) is 18.0. The van der Waals surface area contributed by atoms with Gasteiger partial charge in [0.2, 0.25) is 5.91 Å². The summed E-state index contributed by atoms with van der Waals surface area (Å²) in [5.41, 5.74) is 0.250. The predicted molar refractivity (Wildman–Crippen MR) is 88.0 cm³/mol. The van der Waals surface area contributed by atoms with E-state index >= 15 is 0 Å². The maximum Gasteiger partial charge on any atom is 0.308 e. The third kappa shape index (κ3) is 3.40. The summed E-state index contributed by atoms with van der Waals surface area (Å²) >= 11 is 0. The van der Waals surface area contributed by atoms with Crippen molar-refractivity contribution in [2.24, 2.45) is 5.92 Å². The first-order valence-electron chi connectivity index (χ1n) is 8.23. The summed E-state index contributed by atoms with van der Waals surface area (Å²) in [6.07, 6.45) is 5.41. The van der Waals surface area contributed by atoms with Gasteiger partial charge < -0.3 is 14.6 Å². The molecule has 1 N–H and O–H groups in total. The number of imidazole rings is 1. The summed E-state index contributed by atoms with van der Waals surface area (Å²) in [7, 11) is 0. The topological polar surface area (TPSA) is 75.4 Å². The summed E-state index contributed by atoms with van der Waals surface area (Å²) in [5.74, 6) is -2.49. The quantitative estimate of drug-likeness (QED) is 0.903. The van der Waals surface area contributed by atoms with E-state index in [-0.39, 0.29) is 30.4 Å². The fourth-order valence-corrected chi connectivity index (χ4v) is 3.56. The van der Waals surface area contributed by atoms with E-state index in [0.717, 1.165) is 0 Å². The molecule has 1 saturated heterocycles. The number of aliphatic carboxylic acids is 1. The number of carbonyl (C=O) groups is 2. The third-order valence-corrected chi connectivity index (χ3v) is 4.69. The maximum atomic E-state index is 14.4. The molecule has 1 amide bonds. The second-order valence-corrected chi connectivity index (χ2v) is 6.36. The fourth-order valence-electron chi connectivity index (χ4n) is 3.56. The minimum absolute atomic E-state index is 0.149. The van der Waals surface area contributed by atoms with Crippen LogP contribution in [0.3, 0.4) is 0 Å². The van der Waals surface area contributed by atoms with Crippen LogP contribution in [0.15, 0.2) is 43.0 Å². The largest absolute Gasteiger partial charge is 0.481 e. The molecular weight excluding hydrogens is 325 g/mol. The van der Waals surface area contributed by atoms with Crippen LogP contribution in [0.5, 0.6) is 0 Å². The number of halogens is 1. The van der Waals surface area contributed by atoms with Crippen LogP contribution in [0, 0.1) is 11.7 Å². The van der Waals surface area contributed by atoms with Crippen LogP contribution in [0.25, 0.3) is 0 Å². The van der Waals surface area contributed by atoms with Crippen LogP contribution in [0.4, 0.5) is 4.39 Å². The zero-order valence-electron chi connectivity index (χ0n) is 13.9. The molecular formula is C18H20FN3O3. The van der Waals surface area contributed by atoms with Gasteiger partial charge in [-0.1, -0.05) is 18.2 Å². The monoisotopic (exact) mass is 345 g/mol. The molecule has 1 aromatic heterocycles. The van der Waals surface area contributed by atoms with E-state index in [2.05, 4.69) is 4.98 Å². The van der Waals surface area contributed by atoms with Crippen molar-refractivity contribution >= 4 is 11.9 Å². The number of amides is 1. The van der Waals surface area contributed by atoms with Crippen LogP contribution in [0.1, 0.15) is 31.4 Å². The molecule has 7 heteroatoms. The Hall–Kier alpha value is -2.70. The van der Waals surface area contributed by atoms with E-state index in [0.29, 0.717) is 6.54 Å². The molecule has 0 unspecified atom stereocenters. The molecule has 1 aromatic carbocycles. The lowest BCUT2D eigenvalue weighted by Gasteiger charge is -2.43. The van der Waals surface area contributed by atoms with E-state index < -0.39 is 23.7 Å². The number of hydrogen-bond donors (Lipinski definition) is 1. The van der Waals surface area contributed by atoms with Gasteiger partial charge in [-0.25, -0.2) is 9.37 Å². The predicted octanol–water partition coefficient (Wildman–Crippen LogP) is 2.48. The Kier molecular flexibility index (Phi) is 4.83. The second kappa shape index (κ2) is 7.04. The lowest BCUT2D eigenvalue weighted by Crippen LogP contribution is -2.50. The van der Waals surface area contributed by atoms with E-state index in [4.69, 9.17) is 0 Å². The Bertz CT molecular complexity index is 763. The van der Waals surface area contributed by atoms with E-state index in [9.17, 15) is 19.1 Å². The minimum Gasteiger partial charge on any atom is -0.481 e. The van der Waals surface area contributed by atoms with Crippen molar-refractivity contribution in [1.29, 1.82) is 0 Å². The van der Waals surface area contributed by atoms with Gasteiger partial charge in [-0.3, -0.25) is 9.59 Å². The van der Waals surface area contributed by atoms with Gasteiger partial charge in [0.1, 0.15) is 5.82 Å². The maximum absolute atomic E-state index is 14.4. The molecule has 1 aliphatic heterocycles. The van der Waals surface area contributed by atoms with Gasteiger partial charge in [0.15, 0.2) is 0 Å². The van der Waals surface area contributed by atoms with Crippen LogP contribution in [-0.2, 0) is 16.1 Å². The second-order valence-electron chi connectivity index (χ2n) is 6.36. The molecule has 6 nitrogen and oxygen atoms in total. The van der Waals surface area contributed by atoms with Gasteiger partial charge >= 0.3 is 5.97 Å². The van der Waals surface area contributed by atoms with Crippen LogP contribution in [-0.4, -0.2) is 37.5 Å². The highest BCUT2D eigenvalue weighted by atomic mass is 19.1. The Morgan fingerprint density at radius 3 is 2.84 bits per heavy atom. The first kappa shape index (κ1) is 17.1. The molecule has 25 heavy (non-hydrogen) atoms. The van der Waals surface area contributed by atoms with Crippen molar-refractivity contribution in [2.45, 2.75) is 38.4 Å². The molecule has 1 aliphatic rings. The zero-order valence-corrected chi connectivity index (χ0v) is 13.9. The molecule has 0 saturated carbocycles. The molecule has 3 atom stereocenters. The first-order valence-corrected chi connectivity index (χ1v) is 8.23. The van der Waals surface area contributed by atoms with E-state index in [1.54, 1.807) is 36.9 Å². The molecule has 2 heterocycles. The van der Waals surface area contributed by atoms with Crippen molar-refractivity contribution < 1.29 is 19.1 Å². The number of hydrogen-bond acceptors (Lipinski definition) is 3. The van der Waals surface area contributed by atoms with Gasteiger partial charge in [-0.2, -0.15) is 0 Å². The van der Waals surface area contributed by atoms with Crippen molar-refractivity contribution in [3.8, 4) is 0 Å². The van der Waals surface area contributed by atoms with Crippen molar-refractivity contribution in [3.05, 3.63) is 54.4 Å². The number of carboxylic acid groups (broad SMARTS) is 1. The van der Waals surface area contributed by atoms with Gasteiger partial charge in [-0.15, -0.1) is 0 Å². The molecule has 0 spiro atoms. The molecule has 1 fully saturated rings. The van der Waals surface area contributed by atoms with E-state index in [1.165, 1.54) is 11.0 Å². The van der Waals surface area contributed by atoms with Crippen molar-refractivity contribution in [1.82, 2.24) is 14.5 Å². The van der Waals surface area contributed by atoms with Crippen LogP contribution >= 0.6 is 0 Å². The van der Waals surface area contributed by atoms with Crippen molar-refractivity contribution in [2.75, 3.05) is 0 Å². The fraction of sp³-hybridized carbons (Fsp3) is 0.389. The lowest BCUT2D eigenvalue weighted by atomic mass is 9.83. The van der Waals surface area contributed by atoms with Gasteiger partial charge in [0.05, 0.1) is 18.3 Å². The van der Waals surface area contributed by atoms with Gasteiger partial charge in [0, 0.05) is 37.0 Å². The minimum atomic E-state index is -1.01. The number of rotatable bonds is 5. The number of likely N-dealkylation sites (tertiary alicyclic amines) is 1. The highest BCUT2D eigenvalue weighted by Crippen LogP contribution is 2.39. The number of nitrogens with zero attached hydrogens (tertiary/aromatic N) is 3. The lowest BCUT2D eigenvalue weighted by molar-refractivity contribution is -0.154. The highest BCUT2D eigenvalue weighted by Gasteiger charge is 2.43. The Morgan fingerprint density at radius 1 is 1.44 bits per heavy atom. The summed E-state index contributed by atoms with van der Waals surface area (Å²) in [6.45, 7) is 2.30. The highest BCUT2D eigenvalue weighted by molar-refractivity contribution is 5.82. The SMILES string of the molecule is C[C@H](Cn1ccnc1)N1C(=O)CC[C@@H](C(=O)O)[C@H]1c1ccccc1F. The molecule has 0 radical (unpaired) electrons. The molecule has 2 aromatic rings. The number of piperidine rings is 1. The van der Waals surface area contributed by atoms with Gasteiger partial charge in [-0.05, 0) is 19.4 Å². The normalized spacial score (nSPS) is 22.0. The Morgan fingerprint density at radius 2 is 2.20 bits per heavy atom. The molecule has 0 aliphatic carbocycles. The van der Waals surface area contributed by atoms with Crippen LogP contribution < -0.4 is 0 Å². The van der Waals surface area contributed by atoms with E-state index in [1.807, 2.05) is 11.5 Å². The molecule has 132 valence electrons. The Balaban J connectivity index is 1.99. The smallest absolute Gasteiger partial charge is 0.308 e. The molecule has 0 bridgehead atoms. The number of carbonyl (C=O) groups excluding carboxylic acids is 1. The van der Waals surface area contributed by atoms with Crippen molar-refractivity contribution in [3.63, 3.8) is 0 Å². The summed E-state index contributed by atoms with van der Waals surface area (Å²) in [5, 5.41) is 9.63. The summed E-state index contributed by atoms with van der Waals surface area (Å²) < 4.78 is 16.2. The average molecular weight is 345 g/mol. The summed E-state index contributed by atoms with van der Waals surface area (Å²) in [6, 6.07) is 4.96. The number of carboxylic acids is 1. The standard InChI is InChI=1S/C18H20FN3O3/c1-12(10-21-9-8-20-11-21)22-16(23)7-6-14(18(24)25)17(22)13-4-2-3-5-15(13)19/h2-5,8-9,11-12,14,17H,6-7,10H2,1H3,(H,24,25)/t12-,14-,17-/m1/s1. The molecule has 3 rings (SSSR count). The van der Waals surface area contributed by atoms with Gasteiger partial charge in [0.25, 0.3) is 0 Å². The Labute approximate surface area is 144 Å². The number of benzene rings is 1. The summed E-state index contributed by atoms with van der Waals surface area (Å²) in [4.78, 5) is 29.9. The first-order chi connectivity index (χ1) is 12.0. The average Bonchev–Trinajstić information content (AvgIpc) is 3.07.